The van der Waals surface area contributed by atoms with Gasteiger partial charge in [-0.3, -0.25) is 0 Å². The van der Waals surface area contributed by atoms with Crippen LogP contribution in [0, 0.1) is 17.7 Å². The Labute approximate surface area is 129 Å². The van der Waals surface area contributed by atoms with E-state index in [9.17, 15) is 4.39 Å². The Morgan fingerprint density at radius 2 is 1.86 bits per heavy atom. The quantitative estimate of drug-likeness (QED) is 0.807. The first-order valence-electron chi connectivity index (χ1n) is 7.82. The van der Waals surface area contributed by atoms with Gasteiger partial charge in [-0.15, -0.1) is 0 Å². The number of nitrogens with zero attached hydrogens (tertiary/aromatic N) is 2. The topological polar surface area (TPSA) is 89.8 Å². The van der Waals surface area contributed by atoms with Gasteiger partial charge < -0.3 is 16.8 Å². The smallest absolute Gasteiger partial charge is 0.225 e. The van der Waals surface area contributed by atoms with Crippen molar-refractivity contribution in [1.29, 1.82) is 0 Å². The van der Waals surface area contributed by atoms with E-state index in [1.165, 1.54) is 37.8 Å². The maximum atomic E-state index is 13.2. The molecule has 1 saturated carbocycles. The van der Waals surface area contributed by atoms with Gasteiger partial charge >= 0.3 is 0 Å². The molecular weight excluding hydrogens is 281 g/mol. The van der Waals surface area contributed by atoms with E-state index in [0.717, 1.165) is 13.1 Å². The maximum Gasteiger partial charge on any atom is 0.225 e. The molecule has 22 heavy (non-hydrogen) atoms. The SMILES string of the molecule is NCC1CCC(CNc2nc(N)c3cc(F)ccc3n2)CC1. The molecule has 0 unspecified atom stereocenters. The minimum Gasteiger partial charge on any atom is -0.383 e. The molecule has 5 N–H and O–H groups in total. The van der Waals surface area contributed by atoms with Gasteiger partial charge in [0.25, 0.3) is 0 Å². The van der Waals surface area contributed by atoms with Crippen LogP contribution >= 0.6 is 0 Å². The Bertz CT molecular complexity index is 652. The van der Waals surface area contributed by atoms with E-state index in [0.29, 0.717) is 34.5 Å². The molecular formula is C16H22FN5. The molecule has 1 aromatic carbocycles. The lowest BCUT2D eigenvalue weighted by atomic mass is 9.82. The molecule has 2 aromatic rings. The number of anilines is 2. The third-order valence-electron chi connectivity index (χ3n) is 4.54. The lowest BCUT2D eigenvalue weighted by molar-refractivity contribution is 0.289. The van der Waals surface area contributed by atoms with E-state index in [1.54, 1.807) is 6.07 Å². The molecule has 0 saturated heterocycles. The van der Waals surface area contributed by atoms with Gasteiger partial charge in [-0.05, 0) is 62.3 Å². The van der Waals surface area contributed by atoms with Crippen molar-refractivity contribution in [3.63, 3.8) is 0 Å². The number of rotatable bonds is 4. The lowest BCUT2D eigenvalue weighted by Gasteiger charge is -2.27. The van der Waals surface area contributed by atoms with Crippen LogP contribution in [0.25, 0.3) is 10.9 Å². The summed E-state index contributed by atoms with van der Waals surface area (Å²) in [5, 5.41) is 3.82. The van der Waals surface area contributed by atoms with Gasteiger partial charge in [0.2, 0.25) is 5.95 Å². The van der Waals surface area contributed by atoms with Crippen LogP contribution in [0.15, 0.2) is 18.2 Å². The second-order valence-corrected chi connectivity index (χ2v) is 6.10. The van der Waals surface area contributed by atoms with Crippen molar-refractivity contribution in [2.75, 3.05) is 24.1 Å². The van der Waals surface area contributed by atoms with Crippen molar-refractivity contribution in [2.24, 2.45) is 17.6 Å². The van der Waals surface area contributed by atoms with Crippen LogP contribution in [0.3, 0.4) is 0 Å². The fourth-order valence-corrected chi connectivity index (χ4v) is 3.11. The van der Waals surface area contributed by atoms with Gasteiger partial charge in [0.15, 0.2) is 0 Å². The zero-order valence-corrected chi connectivity index (χ0v) is 12.6. The van der Waals surface area contributed by atoms with E-state index in [2.05, 4.69) is 15.3 Å². The Hall–Kier alpha value is -1.95. The molecule has 118 valence electrons. The molecule has 0 aliphatic heterocycles. The average molecular weight is 303 g/mol. The van der Waals surface area contributed by atoms with Crippen LogP contribution in [0.5, 0.6) is 0 Å². The molecule has 0 radical (unpaired) electrons. The summed E-state index contributed by atoms with van der Waals surface area (Å²) in [6.07, 6.45) is 4.76. The van der Waals surface area contributed by atoms with Crippen LogP contribution in [0.1, 0.15) is 25.7 Å². The van der Waals surface area contributed by atoms with Crippen molar-refractivity contribution in [2.45, 2.75) is 25.7 Å². The zero-order valence-electron chi connectivity index (χ0n) is 12.6. The van der Waals surface area contributed by atoms with Gasteiger partial charge in [-0.2, -0.15) is 4.98 Å². The fraction of sp³-hybridized carbons (Fsp3) is 0.500. The first kappa shape index (κ1) is 15.0. The first-order chi connectivity index (χ1) is 10.7. The monoisotopic (exact) mass is 303 g/mol. The minimum atomic E-state index is -0.333. The number of aromatic nitrogens is 2. The van der Waals surface area contributed by atoms with Crippen molar-refractivity contribution in [3.8, 4) is 0 Å². The number of nitrogen functional groups attached to an aromatic ring is 1. The number of fused-ring (bicyclic) bond motifs is 1. The number of benzene rings is 1. The Balaban J connectivity index is 1.66. The highest BCUT2D eigenvalue weighted by atomic mass is 19.1. The molecule has 6 heteroatoms. The summed E-state index contributed by atoms with van der Waals surface area (Å²) in [5.74, 6) is 1.78. The summed E-state index contributed by atoms with van der Waals surface area (Å²) in [5.41, 5.74) is 12.3. The van der Waals surface area contributed by atoms with E-state index in [-0.39, 0.29) is 5.82 Å². The summed E-state index contributed by atoms with van der Waals surface area (Å²) < 4.78 is 13.2. The number of hydrogen-bond acceptors (Lipinski definition) is 5. The van der Waals surface area contributed by atoms with Crippen molar-refractivity contribution < 1.29 is 4.39 Å². The summed E-state index contributed by atoms with van der Waals surface area (Å²) in [7, 11) is 0. The second kappa shape index (κ2) is 6.44. The van der Waals surface area contributed by atoms with Gasteiger partial charge in [-0.1, -0.05) is 0 Å². The first-order valence-corrected chi connectivity index (χ1v) is 7.82. The van der Waals surface area contributed by atoms with E-state index < -0.39 is 0 Å². The zero-order chi connectivity index (χ0) is 15.5. The highest BCUT2D eigenvalue weighted by molar-refractivity contribution is 5.88. The van der Waals surface area contributed by atoms with Crippen LogP contribution in [-0.4, -0.2) is 23.1 Å². The molecule has 0 spiro atoms. The van der Waals surface area contributed by atoms with Gasteiger partial charge in [-0.25, -0.2) is 9.37 Å². The molecule has 0 amide bonds. The molecule has 1 fully saturated rings. The Kier molecular flexibility index (Phi) is 4.38. The third kappa shape index (κ3) is 3.27. The molecule has 1 aliphatic rings. The molecule has 1 aromatic heterocycles. The molecule has 3 rings (SSSR count). The van der Waals surface area contributed by atoms with E-state index >= 15 is 0 Å². The largest absolute Gasteiger partial charge is 0.383 e. The lowest BCUT2D eigenvalue weighted by Crippen LogP contribution is -2.25. The van der Waals surface area contributed by atoms with Gasteiger partial charge in [0.05, 0.1) is 5.52 Å². The number of halogens is 1. The predicted molar refractivity (Wildman–Crippen MR) is 86.9 cm³/mol. The molecule has 0 bridgehead atoms. The van der Waals surface area contributed by atoms with Crippen LogP contribution in [-0.2, 0) is 0 Å². The molecule has 1 aliphatic carbocycles. The minimum absolute atomic E-state index is 0.304. The molecule has 0 atom stereocenters. The summed E-state index contributed by atoms with van der Waals surface area (Å²) in [6.45, 7) is 1.63. The van der Waals surface area contributed by atoms with Crippen LogP contribution < -0.4 is 16.8 Å². The molecule has 5 nitrogen and oxygen atoms in total. The normalized spacial score (nSPS) is 21.9. The Morgan fingerprint density at radius 3 is 2.59 bits per heavy atom. The number of nitrogens with one attached hydrogen (secondary N) is 1. The average Bonchev–Trinajstić information content (AvgIpc) is 2.54. The van der Waals surface area contributed by atoms with E-state index in [4.69, 9.17) is 11.5 Å². The summed E-state index contributed by atoms with van der Waals surface area (Å²) in [6, 6.07) is 4.37. The summed E-state index contributed by atoms with van der Waals surface area (Å²) >= 11 is 0. The fourth-order valence-electron chi connectivity index (χ4n) is 3.11. The van der Waals surface area contributed by atoms with Crippen molar-refractivity contribution in [3.05, 3.63) is 24.0 Å². The van der Waals surface area contributed by atoms with Crippen LogP contribution in [0.2, 0.25) is 0 Å². The highest BCUT2D eigenvalue weighted by Crippen LogP contribution is 2.28. The number of nitrogens with two attached hydrogens (primary N) is 2. The van der Waals surface area contributed by atoms with Gasteiger partial charge in [0, 0.05) is 11.9 Å². The number of hydrogen-bond donors (Lipinski definition) is 3. The van der Waals surface area contributed by atoms with Gasteiger partial charge in [0.1, 0.15) is 11.6 Å². The standard InChI is InChI=1S/C16H22FN5/c17-12-5-6-14-13(7-12)15(19)22-16(21-14)20-9-11-3-1-10(8-18)2-4-11/h5-7,10-11H,1-4,8-9,18H2,(H3,19,20,21,22). The van der Waals surface area contributed by atoms with Crippen LogP contribution in [0.4, 0.5) is 16.2 Å². The Morgan fingerprint density at radius 1 is 1.14 bits per heavy atom. The van der Waals surface area contributed by atoms with Crippen molar-refractivity contribution in [1.82, 2.24) is 9.97 Å². The second-order valence-electron chi connectivity index (χ2n) is 6.10. The summed E-state index contributed by atoms with van der Waals surface area (Å²) in [4.78, 5) is 8.63. The predicted octanol–water partition coefficient (Wildman–Crippen LogP) is 2.53. The molecule has 1 heterocycles. The van der Waals surface area contributed by atoms with E-state index in [1.807, 2.05) is 0 Å². The maximum absolute atomic E-state index is 13.2. The van der Waals surface area contributed by atoms with Crippen molar-refractivity contribution >= 4 is 22.7 Å². The third-order valence-corrected chi connectivity index (χ3v) is 4.54. The highest BCUT2D eigenvalue weighted by Gasteiger charge is 2.20.